The molecular formula is C50H37N. The van der Waals surface area contributed by atoms with E-state index < -0.39 is 0 Å². The number of fused-ring (bicyclic) bond motifs is 11. The first-order valence-corrected chi connectivity index (χ1v) is 18.6. The van der Waals surface area contributed by atoms with Crippen molar-refractivity contribution in [3.8, 4) is 11.1 Å². The molecule has 11 rings (SSSR count). The average molecular weight is 652 g/mol. The zero-order chi connectivity index (χ0) is 33.5. The number of rotatable bonds is 3. The van der Waals surface area contributed by atoms with Crippen molar-refractivity contribution in [1.29, 1.82) is 0 Å². The number of nitrogens with zero attached hydrogens (tertiary/aromatic N) is 1. The van der Waals surface area contributed by atoms with Gasteiger partial charge in [0.15, 0.2) is 0 Å². The molecule has 0 N–H and O–H groups in total. The molecule has 0 fully saturated rings. The van der Waals surface area contributed by atoms with Crippen LogP contribution in [0.3, 0.4) is 0 Å². The van der Waals surface area contributed by atoms with Crippen molar-refractivity contribution in [3.05, 3.63) is 173 Å². The highest BCUT2D eigenvalue weighted by Gasteiger charge is 2.25. The van der Waals surface area contributed by atoms with Gasteiger partial charge in [0, 0.05) is 21.8 Å². The van der Waals surface area contributed by atoms with Crippen LogP contribution in [0, 0.1) is 0 Å². The van der Waals surface area contributed by atoms with E-state index in [2.05, 4.69) is 162 Å². The van der Waals surface area contributed by atoms with Crippen LogP contribution in [0.15, 0.2) is 146 Å². The normalized spacial score (nSPS) is 16.7. The maximum atomic E-state index is 2.55. The number of aromatic nitrogens is 1. The molecule has 51 heavy (non-hydrogen) atoms. The standard InChI is InChI=1S/C50H37N/c1-2-15-37-35(13-1)36-14-3-4-16-38(36)46-31-33(27-30-39(37)46)50-44-21-7-5-19-42(44)49(43-20-6-8-22-45(43)50)32-25-28-34(29-26-32)51-47-23-11-9-17-40(47)41-18-10-12-24-48(41)51/h2-5,7-12,14-19,21-28,30-31,34H,1,6,13,20,29H2. The highest BCUT2D eigenvalue weighted by molar-refractivity contribution is 6.16. The highest BCUT2D eigenvalue weighted by Crippen LogP contribution is 2.46. The van der Waals surface area contributed by atoms with Crippen molar-refractivity contribution in [1.82, 2.24) is 4.57 Å². The first kappa shape index (κ1) is 28.9. The highest BCUT2D eigenvalue weighted by atomic mass is 15.0. The van der Waals surface area contributed by atoms with Gasteiger partial charge in [-0.05, 0) is 127 Å². The van der Waals surface area contributed by atoms with Gasteiger partial charge in [-0.15, -0.1) is 0 Å². The predicted molar refractivity (Wildman–Crippen MR) is 219 cm³/mol. The van der Waals surface area contributed by atoms with E-state index in [1.54, 1.807) is 0 Å². The maximum Gasteiger partial charge on any atom is 0.0560 e. The summed E-state index contributed by atoms with van der Waals surface area (Å²) in [5.74, 6) is 0. The van der Waals surface area contributed by atoms with Crippen LogP contribution in [0.5, 0.6) is 0 Å². The minimum atomic E-state index is 0.271. The van der Waals surface area contributed by atoms with E-state index in [1.165, 1.54) is 98.6 Å². The Kier molecular flexibility index (Phi) is 6.40. The first-order valence-electron chi connectivity index (χ1n) is 18.6. The van der Waals surface area contributed by atoms with Crippen molar-refractivity contribution in [2.45, 2.75) is 38.1 Å². The Balaban J connectivity index is 1.09. The Morgan fingerprint density at radius 1 is 0.471 bits per heavy atom. The fourth-order valence-electron chi connectivity index (χ4n) is 9.66. The molecule has 0 bridgehead atoms. The predicted octanol–water partition coefficient (Wildman–Crippen LogP) is 13.4. The average Bonchev–Trinajstić information content (AvgIpc) is 3.54. The molecule has 242 valence electrons. The first-order chi connectivity index (χ1) is 25.3. The summed E-state index contributed by atoms with van der Waals surface area (Å²) in [6.07, 6.45) is 22.2. The van der Waals surface area contributed by atoms with Crippen LogP contribution >= 0.6 is 0 Å². The van der Waals surface area contributed by atoms with Gasteiger partial charge in [-0.2, -0.15) is 0 Å². The molecule has 0 spiro atoms. The smallest absolute Gasteiger partial charge is 0.0560 e. The molecule has 0 amide bonds. The lowest BCUT2D eigenvalue weighted by atomic mass is 9.78. The van der Waals surface area contributed by atoms with E-state index in [0.717, 1.165) is 32.1 Å². The van der Waals surface area contributed by atoms with Crippen molar-refractivity contribution in [2.24, 2.45) is 0 Å². The lowest BCUT2D eigenvalue weighted by molar-refractivity contribution is 0.649. The van der Waals surface area contributed by atoms with Crippen LogP contribution in [0.1, 0.15) is 53.1 Å². The van der Waals surface area contributed by atoms with Crippen molar-refractivity contribution < 1.29 is 0 Å². The summed E-state index contributed by atoms with van der Waals surface area (Å²) in [4.78, 5) is 0. The maximum absolute atomic E-state index is 2.55. The molecule has 1 unspecified atom stereocenters. The van der Waals surface area contributed by atoms with Crippen LogP contribution in [-0.2, 0) is 12.8 Å². The minimum Gasteiger partial charge on any atom is -0.333 e. The third-order valence-electron chi connectivity index (χ3n) is 11.8. The summed E-state index contributed by atoms with van der Waals surface area (Å²) in [7, 11) is 0. The molecule has 7 aromatic carbocycles. The van der Waals surface area contributed by atoms with Crippen molar-refractivity contribution in [2.75, 3.05) is 0 Å². The van der Waals surface area contributed by atoms with Crippen LogP contribution in [0.4, 0.5) is 0 Å². The Bertz CT molecular complexity index is 2830. The van der Waals surface area contributed by atoms with Gasteiger partial charge in [-0.25, -0.2) is 0 Å². The van der Waals surface area contributed by atoms with Gasteiger partial charge < -0.3 is 4.57 Å². The lowest BCUT2D eigenvalue weighted by Crippen LogP contribution is -2.09. The monoisotopic (exact) mass is 651 g/mol. The zero-order valence-corrected chi connectivity index (χ0v) is 28.6. The molecule has 1 heterocycles. The molecule has 0 aliphatic heterocycles. The van der Waals surface area contributed by atoms with Gasteiger partial charge in [-0.1, -0.05) is 140 Å². The summed E-state index contributed by atoms with van der Waals surface area (Å²) in [6.45, 7) is 0. The number of benzene rings is 7. The second kappa shape index (κ2) is 11.3. The van der Waals surface area contributed by atoms with Crippen LogP contribution in [-0.4, -0.2) is 4.57 Å². The summed E-state index contributed by atoms with van der Waals surface area (Å²) in [6, 6.07) is 43.5. The van der Waals surface area contributed by atoms with Gasteiger partial charge >= 0.3 is 0 Å². The van der Waals surface area contributed by atoms with E-state index in [4.69, 9.17) is 0 Å². The van der Waals surface area contributed by atoms with Crippen molar-refractivity contribution in [3.63, 3.8) is 0 Å². The quantitative estimate of drug-likeness (QED) is 0.168. The van der Waals surface area contributed by atoms with Crippen LogP contribution in [0.2, 0.25) is 0 Å². The van der Waals surface area contributed by atoms with E-state index in [-0.39, 0.29) is 6.04 Å². The van der Waals surface area contributed by atoms with Crippen LogP contribution in [0.25, 0.3) is 83.0 Å². The van der Waals surface area contributed by atoms with E-state index in [9.17, 15) is 0 Å². The molecule has 8 aromatic rings. The number of hydrogen-bond acceptors (Lipinski definition) is 0. The van der Waals surface area contributed by atoms with E-state index >= 15 is 0 Å². The lowest BCUT2D eigenvalue weighted by Gasteiger charge is -2.26. The number of aryl methyl sites for hydroxylation is 1. The fourth-order valence-corrected chi connectivity index (χ4v) is 9.66. The molecule has 3 aliphatic rings. The Morgan fingerprint density at radius 3 is 1.78 bits per heavy atom. The Hall–Kier alpha value is -5.92. The molecule has 1 atom stereocenters. The summed E-state index contributed by atoms with van der Waals surface area (Å²) in [5, 5.41) is 10.8. The van der Waals surface area contributed by atoms with E-state index in [1.807, 2.05) is 0 Å². The van der Waals surface area contributed by atoms with Crippen molar-refractivity contribution >= 4 is 71.8 Å². The molecule has 0 saturated carbocycles. The fraction of sp³-hybridized carbons (Fsp3) is 0.120. The van der Waals surface area contributed by atoms with E-state index in [0.29, 0.717) is 0 Å². The van der Waals surface area contributed by atoms with Gasteiger partial charge in [0.05, 0.1) is 6.04 Å². The third-order valence-corrected chi connectivity index (χ3v) is 11.8. The summed E-state index contributed by atoms with van der Waals surface area (Å²) >= 11 is 0. The largest absolute Gasteiger partial charge is 0.333 e. The Labute approximate surface area is 298 Å². The zero-order valence-electron chi connectivity index (χ0n) is 28.6. The third kappa shape index (κ3) is 4.28. The minimum absolute atomic E-state index is 0.271. The molecule has 3 aliphatic carbocycles. The second-order valence-corrected chi connectivity index (χ2v) is 14.5. The van der Waals surface area contributed by atoms with Crippen LogP contribution < -0.4 is 0 Å². The second-order valence-electron chi connectivity index (χ2n) is 14.5. The van der Waals surface area contributed by atoms with Gasteiger partial charge in [0.1, 0.15) is 0 Å². The van der Waals surface area contributed by atoms with Gasteiger partial charge in [0.25, 0.3) is 0 Å². The number of allylic oxidation sites excluding steroid dienone is 6. The summed E-state index contributed by atoms with van der Waals surface area (Å²) < 4.78 is 2.55. The topological polar surface area (TPSA) is 4.93 Å². The molecule has 0 radical (unpaired) electrons. The number of para-hydroxylation sites is 2. The van der Waals surface area contributed by atoms with Gasteiger partial charge in [-0.3, -0.25) is 0 Å². The SMILES string of the molecule is C1=Cc2c(c(C3=CCC(n4c5ccccc5c5ccccc54)C=C3)c3ccccc3c2-c2ccc3c4c(c5ccccc5c3c2)CCC=C4)CC1. The molecular weight excluding hydrogens is 615 g/mol. The van der Waals surface area contributed by atoms with Gasteiger partial charge in [0.2, 0.25) is 0 Å². The number of hydrogen-bond donors (Lipinski definition) is 0. The molecule has 1 heteroatoms. The molecule has 0 saturated heterocycles. The summed E-state index contributed by atoms with van der Waals surface area (Å²) in [5.41, 5.74) is 13.8. The Morgan fingerprint density at radius 2 is 1.08 bits per heavy atom. The molecule has 1 nitrogen and oxygen atoms in total. The molecule has 1 aromatic heterocycles.